The summed E-state index contributed by atoms with van der Waals surface area (Å²) in [5.74, 6) is -0.378. The number of hydrogen-bond acceptors (Lipinski definition) is 2. The Hall–Kier alpha value is -1.72. The highest BCUT2D eigenvalue weighted by Crippen LogP contribution is 2.25. The van der Waals surface area contributed by atoms with Gasteiger partial charge in [-0.15, -0.1) is 0 Å². The van der Waals surface area contributed by atoms with Crippen molar-refractivity contribution in [3.63, 3.8) is 0 Å². The minimum atomic E-state index is -4.26. The first-order valence-corrected chi connectivity index (χ1v) is 6.57. The van der Waals surface area contributed by atoms with Crippen molar-refractivity contribution >= 4 is 11.6 Å². The lowest BCUT2D eigenvalue weighted by Crippen LogP contribution is -2.46. The van der Waals surface area contributed by atoms with Crippen molar-refractivity contribution in [2.45, 2.75) is 44.4 Å². The number of halogens is 3. The molecule has 2 rings (SSSR count). The van der Waals surface area contributed by atoms with E-state index in [2.05, 4.69) is 10.6 Å². The lowest BCUT2D eigenvalue weighted by molar-refractivity contribution is -0.141. The number of benzene rings is 1. The zero-order valence-corrected chi connectivity index (χ0v) is 11.1. The van der Waals surface area contributed by atoms with Gasteiger partial charge in [-0.1, -0.05) is 18.2 Å². The van der Waals surface area contributed by atoms with Crippen LogP contribution in [0, 0.1) is 0 Å². The Morgan fingerprint density at radius 2 is 2.15 bits per heavy atom. The molecular formula is C14H17F3N2O. The third-order valence-corrected chi connectivity index (χ3v) is 3.29. The van der Waals surface area contributed by atoms with Crippen LogP contribution in [0.3, 0.4) is 0 Å². The molecule has 0 spiro atoms. The van der Waals surface area contributed by atoms with Crippen LogP contribution in [0.1, 0.15) is 25.3 Å². The molecule has 1 aliphatic heterocycles. The molecule has 0 aromatic heterocycles. The predicted molar refractivity (Wildman–Crippen MR) is 70.5 cm³/mol. The van der Waals surface area contributed by atoms with Gasteiger partial charge in [0.1, 0.15) is 6.04 Å². The Labute approximate surface area is 115 Å². The smallest absolute Gasteiger partial charge is 0.373 e. The molecule has 0 aliphatic carbocycles. The van der Waals surface area contributed by atoms with Gasteiger partial charge in [0.2, 0.25) is 5.91 Å². The number of alkyl halides is 3. The first-order chi connectivity index (χ1) is 9.35. The first kappa shape index (κ1) is 14.7. The van der Waals surface area contributed by atoms with Gasteiger partial charge in [0, 0.05) is 11.7 Å². The Balaban J connectivity index is 1.92. The summed E-state index contributed by atoms with van der Waals surface area (Å²) in [4.78, 5) is 12.0. The lowest BCUT2D eigenvalue weighted by atomic mass is 9.97. The van der Waals surface area contributed by atoms with E-state index < -0.39 is 24.7 Å². The molecule has 1 amide bonds. The maximum absolute atomic E-state index is 12.2. The van der Waals surface area contributed by atoms with Gasteiger partial charge in [0.05, 0.1) is 6.42 Å². The van der Waals surface area contributed by atoms with Crippen LogP contribution in [-0.2, 0) is 11.2 Å². The summed E-state index contributed by atoms with van der Waals surface area (Å²) in [6.07, 6.45) is -3.95. The zero-order chi connectivity index (χ0) is 14.8. The van der Waals surface area contributed by atoms with Gasteiger partial charge >= 0.3 is 6.18 Å². The van der Waals surface area contributed by atoms with Gasteiger partial charge in [-0.05, 0) is 31.4 Å². The maximum atomic E-state index is 12.2. The zero-order valence-electron chi connectivity index (χ0n) is 11.1. The number of rotatable bonds is 3. The fourth-order valence-electron chi connectivity index (χ4n) is 2.38. The van der Waals surface area contributed by atoms with Crippen LogP contribution >= 0.6 is 0 Å². The van der Waals surface area contributed by atoms with Gasteiger partial charge < -0.3 is 10.6 Å². The summed E-state index contributed by atoms with van der Waals surface area (Å²) in [5, 5.41) is 5.49. The number of carbonyl (C=O) groups is 1. The van der Waals surface area contributed by atoms with Crippen molar-refractivity contribution in [2.24, 2.45) is 0 Å². The number of fused-ring (bicyclic) bond motifs is 1. The average molecular weight is 286 g/mol. The van der Waals surface area contributed by atoms with E-state index in [1.54, 1.807) is 0 Å². The second-order valence-corrected chi connectivity index (χ2v) is 5.12. The molecule has 0 fully saturated rings. The van der Waals surface area contributed by atoms with Gasteiger partial charge in [-0.25, -0.2) is 0 Å². The summed E-state index contributed by atoms with van der Waals surface area (Å²) in [7, 11) is 0. The number of carbonyl (C=O) groups excluding carboxylic acids is 1. The summed E-state index contributed by atoms with van der Waals surface area (Å²) >= 11 is 0. The molecular weight excluding hydrogens is 269 g/mol. The number of aryl methyl sites for hydroxylation is 1. The topological polar surface area (TPSA) is 41.1 Å². The molecule has 1 heterocycles. The average Bonchev–Trinajstić information content (AvgIpc) is 2.35. The second kappa shape index (κ2) is 5.73. The number of anilines is 1. The third-order valence-electron chi connectivity index (χ3n) is 3.29. The number of hydrogen-bond donors (Lipinski definition) is 2. The van der Waals surface area contributed by atoms with E-state index >= 15 is 0 Å². The molecule has 20 heavy (non-hydrogen) atoms. The molecule has 1 aromatic rings. The van der Waals surface area contributed by atoms with E-state index in [0.717, 1.165) is 17.7 Å². The molecule has 1 aliphatic rings. The minimum Gasteiger partial charge on any atom is -0.373 e. The normalized spacial score (nSPS) is 19.7. The third kappa shape index (κ3) is 3.88. The van der Waals surface area contributed by atoms with Crippen LogP contribution in [0.5, 0.6) is 0 Å². The van der Waals surface area contributed by atoms with E-state index in [9.17, 15) is 18.0 Å². The fourth-order valence-corrected chi connectivity index (χ4v) is 2.38. The highest BCUT2D eigenvalue weighted by Gasteiger charge is 2.32. The molecule has 0 saturated carbocycles. The van der Waals surface area contributed by atoms with Gasteiger partial charge in [0.25, 0.3) is 0 Å². The molecule has 0 radical (unpaired) electrons. The van der Waals surface area contributed by atoms with E-state index in [1.165, 1.54) is 6.92 Å². The number of para-hydroxylation sites is 1. The summed E-state index contributed by atoms with van der Waals surface area (Å²) in [5.41, 5.74) is 2.00. The van der Waals surface area contributed by atoms with Crippen molar-refractivity contribution in [3.8, 4) is 0 Å². The molecule has 0 saturated heterocycles. The molecule has 6 heteroatoms. The van der Waals surface area contributed by atoms with Crippen LogP contribution < -0.4 is 10.6 Å². The van der Waals surface area contributed by atoms with Gasteiger partial charge in [-0.2, -0.15) is 13.2 Å². The Morgan fingerprint density at radius 1 is 1.45 bits per heavy atom. The van der Waals surface area contributed by atoms with Crippen molar-refractivity contribution in [3.05, 3.63) is 29.8 Å². The number of amides is 1. The van der Waals surface area contributed by atoms with Crippen molar-refractivity contribution in [1.29, 1.82) is 0 Å². The highest BCUT2D eigenvalue weighted by molar-refractivity contribution is 5.85. The lowest BCUT2D eigenvalue weighted by Gasteiger charge is -2.27. The maximum Gasteiger partial charge on any atom is 0.391 e. The quantitative estimate of drug-likeness (QED) is 0.897. The minimum absolute atomic E-state index is 0.378. The molecule has 3 nitrogen and oxygen atoms in total. The first-order valence-electron chi connectivity index (χ1n) is 6.57. The molecule has 2 atom stereocenters. The van der Waals surface area contributed by atoms with Crippen LogP contribution in [-0.4, -0.2) is 24.2 Å². The van der Waals surface area contributed by atoms with Crippen molar-refractivity contribution in [2.75, 3.05) is 5.32 Å². The van der Waals surface area contributed by atoms with Gasteiger partial charge in [-0.3, -0.25) is 4.79 Å². The van der Waals surface area contributed by atoms with Crippen LogP contribution in [0.4, 0.5) is 18.9 Å². The van der Waals surface area contributed by atoms with Crippen LogP contribution in [0.25, 0.3) is 0 Å². The van der Waals surface area contributed by atoms with E-state index in [-0.39, 0.29) is 5.91 Å². The molecule has 2 unspecified atom stereocenters. The van der Waals surface area contributed by atoms with Crippen molar-refractivity contribution in [1.82, 2.24) is 5.32 Å². The summed E-state index contributed by atoms with van der Waals surface area (Å²) in [6, 6.07) is 6.24. The summed E-state index contributed by atoms with van der Waals surface area (Å²) < 4.78 is 36.7. The molecule has 2 N–H and O–H groups in total. The van der Waals surface area contributed by atoms with Crippen LogP contribution in [0.15, 0.2) is 24.3 Å². The Morgan fingerprint density at radius 3 is 2.85 bits per heavy atom. The predicted octanol–water partition coefficient (Wildman–Crippen LogP) is 2.87. The summed E-state index contributed by atoms with van der Waals surface area (Å²) in [6.45, 7) is 1.36. The van der Waals surface area contributed by atoms with Gasteiger partial charge in [0.15, 0.2) is 0 Å². The Kier molecular flexibility index (Phi) is 4.20. The monoisotopic (exact) mass is 286 g/mol. The molecule has 0 bridgehead atoms. The van der Waals surface area contributed by atoms with Crippen LogP contribution in [0.2, 0.25) is 0 Å². The molecule has 1 aromatic carbocycles. The van der Waals surface area contributed by atoms with E-state index in [4.69, 9.17) is 0 Å². The largest absolute Gasteiger partial charge is 0.391 e. The SMILES string of the molecule is CC(CC(F)(F)F)NC(=O)C1CCc2ccccc2N1. The van der Waals surface area contributed by atoms with Crippen molar-refractivity contribution < 1.29 is 18.0 Å². The highest BCUT2D eigenvalue weighted by atomic mass is 19.4. The second-order valence-electron chi connectivity index (χ2n) is 5.12. The fraction of sp³-hybridized carbons (Fsp3) is 0.500. The molecule has 110 valence electrons. The standard InChI is InChI=1S/C14H17F3N2O/c1-9(8-14(15,16)17)18-13(20)12-7-6-10-4-2-3-5-11(10)19-12/h2-5,9,12,19H,6-8H2,1H3,(H,18,20). The van der Waals surface area contributed by atoms with E-state index in [0.29, 0.717) is 6.42 Å². The number of nitrogens with one attached hydrogen (secondary N) is 2. The van der Waals surface area contributed by atoms with E-state index in [1.807, 2.05) is 24.3 Å². The Bertz CT molecular complexity index is 488.